The molecule has 0 saturated carbocycles. The number of likely N-dealkylation sites (N-methyl/N-ethyl adjacent to an activating group) is 1. The third-order valence-electron chi connectivity index (χ3n) is 4.62. The van der Waals surface area contributed by atoms with Crippen molar-refractivity contribution in [3.8, 4) is 0 Å². The molecule has 0 bridgehead atoms. The summed E-state index contributed by atoms with van der Waals surface area (Å²) in [5, 5.41) is 6.04. The number of carbonyl (C=O) groups excluding carboxylic acids is 3. The van der Waals surface area contributed by atoms with Crippen molar-refractivity contribution in [1.82, 2.24) is 10.2 Å². The molecular weight excluding hydrogens is 378 g/mol. The Morgan fingerprint density at radius 3 is 2.61 bits per heavy atom. The molecule has 1 atom stereocenters. The van der Waals surface area contributed by atoms with Crippen LogP contribution in [0.2, 0.25) is 5.02 Å². The molecule has 146 valence electrons. The van der Waals surface area contributed by atoms with E-state index in [2.05, 4.69) is 10.6 Å². The van der Waals surface area contributed by atoms with Crippen molar-refractivity contribution in [2.75, 3.05) is 18.4 Å². The van der Waals surface area contributed by atoms with Crippen molar-refractivity contribution >= 4 is 35.0 Å². The van der Waals surface area contributed by atoms with Crippen molar-refractivity contribution < 1.29 is 14.4 Å². The van der Waals surface area contributed by atoms with Gasteiger partial charge in [-0.3, -0.25) is 14.4 Å². The number of rotatable bonds is 5. The van der Waals surface area contributed by atoms with Gasteiger partial charge in [-0.15, -0.1) is 0 Å². The van der Waals surface area contributed by atoms with Gasteiger partial charge < -0.3 is 15.5 Å². The van der Waals surface area contributed by atoms with Gasteiger partial charge in [-0.05, 0) is 56.2 Å². The maximum absolute atomic E-state index is 12.9. The zero-order chi connectivity index (χ0) is 20.1. The summed E-state index contributed by atoms with van der Waals surface area (Å²) in [5.41, 5.74) is 1.37. The van der Waals surface area contributed by atoms with Gasteiger partial charge in [0.25, 0.3) is 11.8 Å². The molecule has 0 aromatic heterocycles. The highest BCUT2D eigenvalue weighted by molar-refractivity contribution is 6.31. The van der Waals surface area contributed by atoms with Gasteiger partial charge in [0.1, 0.15) is 6.04 Å². The Balaban J connectivity index is 1.74. The Kier molecular flexibility index (Phi) is 6.31. The van der Waals surface area contributed by atoms with Crippen LogP contribution in [0.1, 0.15) is 40.5 Å². The molecule has 7 heteroatoms. The molecule has 28 heavy (non-hydrogen) atoms. The molecule has 1 heterocycles. The largest absolute Gasteiger partial charge is 0.355 e. The van der Waals surface area contributed by atoms with Crippen LogP contribution >= 0.6 is 11.6 Å². The summed E-state index contributed by atoms with van der Waals surface area (Å²) < 4.78 is 0. The Labute approximate surface area is 168 Å². The summed E-state index contributed by atoms with van der Waals surface area (Å²) in [6.45, 7) is 2.92. The summed E-state index contributed by atoms with van der Waals surface area (Å²) in [5.74, 6) is -0.653. The van der Waals surface area contributed by atoms with Crippen LogP contribution in [0.15, 0.2) is 48.5 Å². The van der Waals surface area contributed by atoms with Crippen molar-refractivity contribution in [2.45, 2.75) is 25.8 Å². The van der Waals surface area contributed by atoms with Gasteiger partial charge in [0.2, 0.25) is 5.91 Å². The van der Waals surface area contributed by atoms with E-state index in [9.17, 15) is 14.4 Å². The highest BCUT2D eigenvalue weighted by Crippen LogP contribution is 2.22. The lowest BCUT2D eigenvalue weighted by Gasteiger charge is -2.24. The number of nitrogens with one attached hydrogen (secondary N) is 2. The molecule has 1 saturated heterocycles. The monoisotopic (exact) mass is 399 g/mol. The molecule has 0 aliphatic carbocycles. The number of hydrogen-bond donors (Lipinski definition) is 2. The first-order chi connectivity index (χ1) is 13.5. The van der Waals surface area contributed by atoms with Crippen LogP contribution in [0.3, 0.4) is 0 Å². The van der Waals surface area contributed by atoms with E-state index in [0.29, 0.717) is 41.3 Å². The molecule has 3 amide bonds. The van der Waals surface area contributed by atoms with E-state index in [4.69, 9.17) is 11.6 Å². The summed E-state index contributed by atoms with van der Waals surface area (Å²) in [7, 11) is 0. The standard InChI is InChI=1S/C21H22ClN3O3/c1-2-23-20(27)18-10-5-11-25(18)21(28)15-7-4-9-17(13-15)24-19(26)14-6-3-8-16(22)12-14/h3-4,6-9,12-13,18H,2,5,10-11H2,1H3,(H,23,27)(H,24,26). The van der Waals surface area contributed by atoms with Crippen LogP contribution < -0.4 is 10.6 Å². The van der Waals surface area contributed by atoms with Gasteiger partial charge in [-0.2, -0.15) is 0 Å². The number of halogens is 1. The number of benzene rings is 2. The molecular formula is C21H22ClN3O3. The minimum absolute atomic E-state index is 0.126. The minimum Gasteiger partial charge on any atom is -0.355 e. The van der Waals surface area contributed by atoms with Crippen LogP contribution in [-0.4, -0.2) is 41.8 Å². The number of likely N-dealkylation sites (tertiary alicyclic amines) is 1. The fourth-order valence-electron chi connectivity index (χ4n) is 3.30. The van der Waals surface area contributed by atoms with E-state index in [-0.39, 0.29) is 17.7 Å². The second-order valence-electron chi connectivity index (χ2n) is 6.60. The van der Waals surface area contributed by atoms with Gasteiger partial charge in [-0.1, -0.05) is 23.7 Å². The maximum Gasteiger partial charge on any atom is 0.255 e. The fraction of sp³-hybridized carbons (Fsp3) is 0.286. The van der Waals surface area contributed by atoms with E-state index in [1.54, 1.807) is 53.4 Å². The zero-order valence-electron chi connectivity index (χ0n) is 15.6. The summed E-state index contributed by atoms with van der Waals surface area (Å²) in [6, 6.07) is 12.9. The molecule has 2 N–H and O–H groups in total. The van der Waals surface area contributed by atoms with E-state index >= 15 is 0 Å². The van der Waals surface area contributed by atoms with Crippen molar-refractivity contribution in [3.63, 3.8) is 0 Å². The molecule has 0 spiro atoms. The van der Waals surface area contributed by atoms with Crippen LogP contribution in [0.5, 0.6) is 0 Å². The summed E-state index contributed by atoms with van der Waals surface area (Å²) in [4.78, 5) is 39.1. The van der Waals surface area contributed by atoms with Crippen LogP contribution in [0.4, 0.5) is 5.69 Å². The Morgan fingerprint density at radius 2 is 1.86 bits per heavy atom. The smallest absolute Gasteiger partial charge is 0.255 e. The molecule has 1 unspecified atom stereocenters. The topological polar surface area (TPSA) is 78.5 Å². The number of amides is 3. The van der Waals surface area contributed by atoms with Crippen molar-refractivity contribution in [2.24, 2.45) is 0 Å². The minimum atomic E-state index is -0.447. The highest BCUT2D eigenvalue weighted by Gasteiger charge is 2.34. The van der Waals surface area contributed by atoms with E-state index in [1.807, 2.05) is 6.92 Å². The number of anilines is 1. The van der Waals surface area contributed by atoms with Crippen LogP contribution in [0, 0.1) is 0 Å². The SMILES string of the molecule is CCNC(=O)C1CCCN1C(=O)c1cccc(NC(=O)c2cccc(Cl)c2)c1. The van der Waals surface area contributed by atoms with Gasteiger partial charge in [0.15, 0.2) is 0 Å². The number of hydrogen-bond acceptors (Lipinski definition) is 3. The Hall–Kier alpha value is -2.86. The van der Waals surface area contributed by atoms with Crippen molar-refractivity contribution in [1.29, 1.82) is 0 Å². The highest BCUT2D eigenvalue weighted by atomic mass is 35.5. The lowest BCUT2D eigenvalue weighted by molar-refractivity contribution is -0.124. The lowest BCUT2D eigenvalue weighted by Crippen LogP contribution is -2.45. The molecule has 1 fully saturated rings. The second kappa shape index (κ2) is 8.89. The Bertz CT molecular complexity index is 900. The third kappa shape index (κ3) is 4.51. The second-order valence-corrected chi connectivity index (χ2v) is 7.03. The van der Waals surface area contributed by atoms with E-state index < -0.39 is 6.04 Å². The zero-order valence-corrected chi connectivity index (χ0v) is 16.3. The first-order valence-electron chi connectivity index (χ1n) is 9.25. The lowest BCUT2D eigenvalue weighted by atomic mass is 10.1. The average Bonchev–Trinajstić information content (AvgIpc) is 3.18. The maximum atomic E-state index is 12.9. The number of nitrogens with zero attached hydrogens (tertiary/aromatic N) is 1. The predicted molar refractivity (Wildman–Crippen MR) is 109 cm³/mol. The molecule has 3 rings (SSSR count). The molecule has 6 nitrogen and oxygen atoms in total. The van der Waals surface area contributed by atoms with E-state index in [1.165, 1.54) is 0 Å². The summed E-state index contributed by atoms with van der Waals surface area (Å²) in [6.07, 6.45) is 1.45. The first kappa shape index (κ1) is 19.9. The first-order valence-corrected chi connectivity index (χ1v) is 9.63. The van der Waals surface area contributed by atoms with Gasteiger partial charge in [0.05, 0.1) is 0 Å². The molecule has 0 radical (unpaired) electrons. The van der Waals surface area contributed by atoms with Crippen LogP contribution in [0.25, 0.3) is 0 Å². The Morgan fingerprint density at radius 1 is 1.11 bits per heavy atom. The summed E-state index contributed by atoms with van der Waals surface area (Å²) >= 11 is 5.93. The molecule has 2 aromatic carbocycles. The quantitative estimate of drug-likeness (QED) is 0.809. The van der Waals surface area contributed by atoms with E-state index in [0.717, 1.165) is 6.42 Å². The van der Waals surface area contributed by atoms with Gasteiger partial charge in [-0.25, -0.2) is 0 Å². The average molecular weight is 400 g/mol. The van der Waals surface area contributed by atoms with Gasteiger partial charge in [0, 0.05) is 34.9 Å². The molecule has 2 aromatic rings. The fourth-order valence-corrected chi connectivity index (χ4v) is 3.49. The number of carbonyl (C=O) groups is 3. The molecule has 1 aliphatic rings. The predicted octanol–water partition coefficient (Wildman–Crippen LogP) is 3.33. The third-order valence-corrected chi connectivity index (χ3v) is 4.86. The molecule has 1 aliphatic heterocycles. The van der Waals surface area contributed by atoms with Crippen molar-refractivity contribution in [3.05, 3.63) is 64.7 Å². The normalized spacial score (nSPS) is 15.9. The van der Waals surface area contributed by atoms with Crippen LogP contribution in [-0.2, 0) is 4.79 Å². The van der Waals surface area contributed by atoms with Gasteiger partial charge >= 0.3 is 0 Å².